The van der Waals surface area contributed by atoms with Crippen LogP contribution >= 0.6 is 11.8 Å². The first-order chi connectivity index (χ1) is 13.5. The SMILES string of the molecule is C=C(S/C(C)=N\C)c1ccc2cnc(NC(=O)C(C)N3CCCCC3)cc2c1. The van der Waals surface area contributed by atoms with Crippen molar-refractivity contribution >= 4 is 44.2 Å². The first kappa shape index (κ1) is 20.6. The van der Waals surface area contributed by atoms with E-state index in [9.17, 15) is 4.79 Å². The molecular weight excluding hydrogens is 368 g/mol. The zero-order valence-corrected chi connectivity index (χ0v) is 17.7. The number of carbonyl (C=O) groups excluding carboxylic acids is 1. The standard InChI is InChI=1S/C22H28N4OS/c1-15(26-10-6-5-7-11-26)22(27)25-21-13-20-12-18(8-9-19(20)14-24-21)16(2)28-17(3)23-4/h8-9,12-15H,2,5-7,10-11H2,1,3-4H3,(H,24,25,27)/b23-17-. The third-order valence-corrected chi connectivity index (χ3v) is 6.16. The molecule has 6 heteroatoms. The van der Waals surface area contributed by atoms with E-state index < -0.39 is 0 Å². The van der Waals surface area contributed by atoms with E-state index in [0.29, 0.717) is 5.82 Å². The van der Waals surface area contributed by atoms with Gasteiger partial charge in [-0.25, -0.2) is 4.98 Å². The molecule has 1 aromatic carbocycles. The number of piperidine rings is 1. The molecule has 0 spiro atoms. The second-order valence-corrected chi connectivity index (χ2v) is 8.45. The quantitative estimate of drug-likeness (QED) is 0.583. The average molecular weight is 397 g/mol. The number of pyridine rings is 1. The van der Waals surface area contributed by atoms with E-state index in [0.717, 1.165) is 39.4 Å². The minimum absolute atomic E-state index is 0.000322. The molecule has 0 saturated carbocycles. The van der Waals surface area contributed by atoms with Crippen molar-refractivity contribution in [2.75, 3.05) is 25.5 Å². The Balaban J connectivity index is 1.75. The Bertz CT molecular complexity index is 903. The van der Waals surface area contributed by atoms with Crippen LogP contribution in [-0.2, 0) is 4.79 Å². The van der Waals surface area contributed by atoms with Gasteiger partial charge < -0.3 is 5.32 Å². The van der Waals surface area contributed by atoms with Crippen LogP contribution in [0.15, 0.2) is 42.0 Å². The predicted molar refractivity (Wildman–Crippen MR) is 121 cm³/mol. The van der Waals surface area contributed by atoms with Gasteiger partial charge in [-0.2, -0.15) is 0 Å². The fourth-order valence-electron chi connectivity index (χ4n) is 3.37. The molecule has 2 aromatic rings. The predicted octanol–water partition coefficient (Wildman–Crippen LogP) is 4.80. The molecule has 0 radical (unpaired) electrons. The van der Waals surface area contributed by atoms with Crippen molar-refractivity contribution < 1.29 is 4.79 Å². The van der Waals surface area contributed by atoms with Crippen LogP contribution in [-0.4, -0.2) is 47.0 Å². The molecule has 28 heavy (non-hydrogen) atoms. The van der Waals surface area contributed by atoms with Crippen molar-refractivity contribution in [1.29, 1.82) is 0 Å². The van der Waals surface area contributed by atoms with Crippen LogP contribution in [0.3, 0.4) is 0 Å². The number of nitrogens with zero attached hydrogens (tertiary/aromatic N) is 3. The van der Waals surface area contributed by atoms with Gasteiger partial charge in [0.05, 0.1) is 11.1 Å². The monoisotopic (exact) mass is 396 g/mol. The highest BCUT2D eigenvalue weighted by Gasteiger charge is 2.23. The molecule has 1 atom stereocenters. The Morgan fingerprint density at radius 2 is 2.00 bits per heavy atom. The van der Waals surface area contributed by atoms with Gasteiger partial charge in [0.2, 0.25) is 5.91 Å². The zero-order valence-electron chi connectivity index (χ0n) is 16.9. The highest BCUT2D eigenvalue weighted by Crippen LogP contribution is 2.29. The molecule has 0 aliphatic carbocycles. The maximum atomic E-state index is 12.7. The fourth-order valence-corrected chi connectivity index (χ4v) is 4.06. The summed E-state index contributed by atoms with van der Waals surface area (Å²) in [5.41, 5.74) is 1.05. The normalized spacial score (nSPS) is 16.8. The molecule has 5 nitrogen and oxygen atoms in total. The van der Waals surface area contributed by atoms with Crippen LogP contribution in [0.5, 0.6) is 0 Å². The van der Waals surface area contributed by atoms with Gasteiger partial charge >= 0.3 is 0 Å². The number of hydrogen-bond donors (Lipinski definition) is 1. The Hall–Kier alpha value is -2.18. The number of aliphatic imine (C=N–C) groups is 1. The van der Waals surface area contributed by atoms with Gasteiger partial charge in [0.25, 0.3) is 0 Å². The maximum Gasteiger partial charge on any atom is 0.242 e. The Morgan fingerprint density at radius 3 is 2.71 bits per heavy atom. The zero-order chi connectivity index (χ0) is 20.1. The molecule has 1 amide bonds. The summed E-state index contributed by atoms with van der Waals surface area (Å²) in [7, 11) is 1.78. The number of rotatable bonds is 5. The third kappa shape index (κ3) is 5.00. The molecule has 3 rings (SSSR count). The molecule has 1 unspecified atom stereocenters. The average Bonchev–Trinajstić information content (AvgIpc) is 2.73. The van der Waals surface area contributed by atoms with Crippen LogP contribution in [0.4, 0.5) is 5.82 Å². The van der Waals surface area contributed by atoms with Gasteiger partial charge in [0.1, 0.15) is 5.82 Å². The lowest BCUT2D eigenvalue weighted by Crippen LogP contribution is -2.44. The highest BCUT2D eigenvalue weighted by molar-refractivity contribution is 8.21. The van der Waals surface area contributed by atoms with Crippen molar-refractivity contribution in [1.82, 2.24) is 9.88 Å². The number of nitrogens with one attached hydrogen (secondary N) is 1. The minimum Gasteiger partial charge on any atom is -0.309 e. The van der Waals surface area contributed by atoms with Crippen LogP contribution in [0.1, 0.15) is 38.7 Å². The fraction of sp³-hybridized carbons (Fsp3) is 0.409. The van der Waals surface area contributed by atoms with E-state index >= 15 is 0 Å². The number of likely N-dealkylation sites (tertiary alicyclic amines) is 1. The maximum absolute atomic E-state index is 12.7. The van der Waals surface area contributed by atoms with E-state index in [2.05, 4.69) is 32.8 Å². The molecule has 1 aliphatic rings. The van der Waals surface area contributed by atoms with Crippen molar-refractivity contribution in [2.45, 2.75) is 39.2 Å². The highest BCUT2D eigenvalue weighted by atomic mass is 32.2. The lowest BCUT2D eigenvalue weighted by Gasteiger charge is -2.31. The first-order valence-electron chi connectivity index (χ1n) is 9.73. The second-order valence-electron chi connectivity index (χ2n) is 7.16. The molecule has 1 N–H and O–H groups in total. The van der Waals surface area contributed by atoms with Crippen LogP contribution in [0.2, 0.25) is 0 Å². The van der Waals surface area contributed by atoms with E-state index in [1.807, 2.05) is 32.0 Å². The summed E-state index contributed by atoms with van der Waals surface area (Å²) in [5, 5.41) is 6.02. The van der Waals surface area contributed by atoms with Crippen LogP contribution < -0.4 is 5.32 Å². The lowest BCUT2D eigenvalue weighted by molar-refractivity contribution is -0.121. The van der Waals surface area contributed by atoms with Crippen LogP contribution in [0.25, 0.3) is 15.7 Å². The summed E-state index contributed by atoms with van der Waals surface area (Å²) in [5.74, 6) is 0.586. The summed E-state index contributed by atoms with van der Waals surface area (Å²) < 4.78 is 0. The van der Waals surface area contributed by atoms with E-state index in [4.69, 9.17) is 0 Å². The molecule has 2 heterocycles. The summed E-state index contributed by atoms with van der Waals surface area (Å²) >= 11 is 1.56. The number of amides is 1. The van der Waals surface area contributed by atoms with Gasteiger partial charge in [-0.15, -0.1) is 0 Å². The number of carbonyl (C=O) groups is 1. The Kier molecular flexibility index (Phi) is 6.86. The minimum atomic E-state index is -0.142. The molecular formula is C22H28N4OS. The van der Waals surface area contributed by atoms with E-state index in [1.54, 1.807) is 25.0 Å². The van der Waals surface area contributed by atoms with Crippen molar-refractivity contribution in [3.05, 3.63) is 42.6 Å². The molecule has 148 valence electrons. The Labute approximate surface area is 171 Å². The second kappa shape index (κ2) is 9.34. The molecule has 1 fully saturated rings. The molecule has 1 aliphatic heterocycles. The smallest absolute Gasteiger partial charge is 0.242 e. The molecule has 1 saturated heterocycles. The van der Waals surface area contributed by atoms with Gasteiger partial charge in [0, 0.05) is 23.5 Å². The summed E-state index contributed by atoms with van der Waals surface area (Å²) in [6, 6.07) is 7.94. The largest absolute Gasteiger partial charge is 0.309 e. The summed E-state index contributed by atoms with van der Waals surface area (Å²) in [4.78, 5) is 24.4. The van der Waals surface area contributed by atoms with Gasteiger partial charge in [-0.05, 0) is 62.9 Å². The number of aromatic nitrogens is 1. The van der Waals surface area contributed by atoms with Gasteiger partial charge in [-0.1, -0.05) is 36.9 Å². The number of thioether (sulfide) groups is 1. The summed E-state index contributed by atoms with van der Waals surface area (Å²) in [6.07, 6.45) is 5.39. The van der Waals surface area contributed by atoms with Crippen molar-refractivity contribution in [3.63, 3.8) is 0 Å². The van der Waals surface area contributed by atoms with Crippen molar-refractivity contribution in [3.8, 4) is 0 Å². The third-order valence-electron chi connectivity index (χ3n) is 5.20. The van der Waals surface area contributed by atoms with Crippen LogP contribution in [0, 0.1) is 0 Å². The number of fused-ring (bicyclic) bond motifs is 1. The lowest BCUT2D eigenvalue weighted by atomic mass is 10.1. The van der Waals surface area contributed by atoms with Gasteiger partial charge in [-0.3, -0.25) is 14.7 Å². The van der Waals surface area contributed by atoms with Gasteiger partial charge in [0.15, 0.2) is 0 Å². The first-order valence-corrected chi connectivity index (χ1v) is 10.5. The number of anilines is 1. The van der Waals surface area contributed by atoms with E-state index in [-0.39, 0.29) is 11.9 Å². The molecule has 0 bridgehead atoms. The van der Waals surface area contributed by atoms with E-state index in [1.165, 1.54) is 19.3 Å². The van der Waals surface area contributed by atoms with Crippen molar-refractivity contribution in [2.24, 2.45) is 4.99 Å². The summed E-state index contributed by atoms with van der Waals surface area (Å²) in [6.45, 7) is 10.1. The number of hydrogen-bond acceptors (Lipinski definition) is 5. The topological polar surface area (TPSA) is 57.6 Å². The Morgan fingerprint density at radius 1 is 1.25 bits per heavy atom. The molecule has 1 aromatic heterocycles. The number of benzene rings is 1.